The van der Waals surface area contributed by atoms with Crippen LogP contribution in [-0.2, 0) is 9.84 Å². The Morgan fingerprint density at radius 2 is 2.20 bits per heavy atom. The summed E-state index contributed by atoms with van der Waals surface area (Å²) >= 11 is 0. The molecule has 2 heterocycles. The van der Waals surface area contributed by atoms with Gasteiger partial charge in [0.05, 0.1) is 34.1 Å². The third-order valence-corrected chi connectivity index (χ3v) is 5.44. The second kappa shape index (κ2) is 4.31. The van der Waals surface area contributed by atoms with Crippen LogP contribution in [0.2, 0.25) is 0 Å². The van der Waals surface area contributed by atoms with Crippen molar-refractivity contribution in [1.29, 1.82) is 0 Å². The van der Waals surface area contributed by atoms with Crippen molar-refractivity contribution in [2.75, 3.05) is 11.5 Å². The Labute approximate surface area is 116 Å². The number of hydrogen-bond acceptors (Lipinski definition) is 4. The minimum Gasteiger partial charge on any atom is -0.478 e. The zero-order valence-electron chi connectivity index (χ0n) is 10.9. The second-order valence-corrected chi connectivity index (χ2v) is 7.32. The molecule has 1 aromatic carbocycles. The number of hydrogen-bond donors (Lipinski definition) is 1. The van der Waals surface area contributed by atoms with E-state index >= 15 is 0 Å². The average molecular weight is 294 g/mol. The van der Waals surface area contributed by atoms with E-state index in [0.29, 0.717) is 17.8 Å². The quantitative estimate of drug-likeness (QED) is 0.904. The molecule has 1 fully saturated rings. The number of aromatic nitrogens is 2. The van der Waals surface area contributed by atoms with Crippen LogP contribution in [0.5, 0.6) is 0 Å². The molecule has 0 amide bonds. The summed E-state index contributed by atoms with van der Waals surface area (Å²) in [6.07, 6.45) is 0.579. The van der Waals surface area contributed by atoms with Crippen LogP contribution in [-0.4, -0.2) is 40.6 Å². The van der Waals surface area contributed by atoms with Gasteiger partial charge in [0, 0.05) is 0 Å². The van der Waals surface area contributed by atoms with Crippen LogP contribution in [0.15, 0.2) is 18.2 Å². The maximum absolute atomic E-state index is 11.6. The van der Waals surface area contributed by atoms with E-state index in [4.69, 9.17) is 5.11 Å². The summed E-state index contributed by atoms with van der Waals surface area (Å²) in [4.78, 5) is 15.3. The number of carboxylic acids is 1. The molecule has 0 saturated carbocycles. The fraction of sp³-hybridized carbons (Fsp3) is 0.385. The number of fused-ring (bicyclic) bond motifs is 1. The highest BCUT2D eigenvalue weighted by Gasteiger charge is 2.31. The van der Waals surface area contributed by atoms with Crippen LogP contribution in [0.25, 0.3) is 11.0 Å². The van der Waals surface area contributed by atoms with Gasteiger partial charge < -0.3 is 9.67 Å². The SMILES string of the molecule is Cc1nc2cc(C(=O)O)ccc2n1[C@@H]1CCS(=O)(=O)C1. The molecule has 20 heavy (non-hydrogen) atoms. The lowest BCUT2D eigenvalue weighted by Gasteiger charge is -2.13. The van der Waals surface area contributed by atoms with Gasteiger partial charge in [0.2, 0.25) is 0 Å². The lowest BCUT2D eigenvalue weighted by Crippen LogP contribution is -2.12. The molecule has 6 nitrogen and oxygen atoms in total. The first-order chi connectivity index (χ1) is 9.37. The number of benzene rings is 1. The number of sulfone groups is 1. The molecule has 1 aliphatic heterocycles. The van der Waals surface area contributed by atoms with Gasteiger partial charge in [-0.15, -0.1) is 0 Å². The highest BCUT2D eigenvalue weighted by molar-refractivity contribution is 7.91. The first-order valence-electron chi connectivity index (χ1n) is 6.30. The van der Waals surface area contributed by atoms with Gasteiger partial charge in [-0.1, -0.05) is 0 Å². The molecule has 1 aliphatic rings. The van der Waals surface area contributed by atoms with Crippen molar-refractivity contribution in [2.24, 2.45) is 0 Å². The largest absolute Gasteiger partial charge is 0.478 e. The third kappa shape index (κ3) is 2.07. The van der Waals surface area contributed by atoms with Gasteiger partial charge in [-0.3, -0.25) is 0 Å². The highest BCUT2D eigenvalue weighted by Crippen LogP contribution is 2.29. The summed E-state index contributed by atoms with van der Waals surface area (Å²) in [5.41, 5.74) is 1.56. The van der Waals surface area contributed by atoms with Crippen LogP contribution >= 0.6 is 0 Å². The molecule has 1 saturated heterocycles. The number of aromatic carboxylic acids is 1. The molecular formula is C13H14N2O4S. The molecule has 1 atom stereocenters. The summed E-state index contributed by atoms with van der Waals surface area (Å²) in [6, 6.07) is 4.63. The van der Waals surface area contributed by atoms with Gasteiger partial charge in [-0.05, 0) is 31.5 Å². The number of nitrogens with zero attached hydrogens (tertiary/aromatic N) is 2. The van der Waals surface area contributed by atoms with Crippen molar-refractivity contribution >= 4 is 26.8 Å². The molecule has 1 N–H and O–H groups in total. The molecule has 0 aliphatic carbocycles. The van der Waals surface area contributed by atoms with E-state index in [1.54, 1.807) is 6.07 Å². The van der Waals surface area contributed by atoms with Gasteiger partial charge >= 0.3 is 5.97 Å². The lowest BCUT2D eigenvalue weighted by atomic mass is 10.2. The van der Waals surface area contributed by atoms with E-state index in [9.17, 15) is 13.2 Å². The Kier molecular flexibility index (Phi) is 2.82. The molecular weight excluding hydrogens is 280 g/mol. The van der Waals surface area contributed by atoms with E-state index < -0.39 is 15.8 Å². The van der Waals surface area contributed by atoms with Crippen molar-refractivity contribution in [3.8, 4) is 0 Å². The Hall–Kier alpha value is -1.89. The topological polar surface area (TPSA) is 89.3 Å². The van der Waals surface area contributed by atoms with E-state index in [1.807, 2.05) is 11.5 Å². The normalized spacial score (nSPS) is 21.4. The number of rotatable bonds is 2. The maximum Gasteiger partial charge on any atom is 0.335 e. The summed E-state index contributed by atoms with van der Waals surface area (Å²) in [7, 11) is -2.97. The molecule has 106 valence electrons. The average Bonchev–Trinajstić information content (AvgIpc) is 2.86. The minimum absolute atomic E-state index is 0.110. The molecule has 2 aromatic rings. The molecule has 7 heteroatoms. The fourth-order valence-corrected chi connectivity index (χ4v) is 4.49. The van der Waals surface area contributed by atoms with E-state index in [0.717, 1.165) is 5.52 Å². The van der Waals surface area contributed by atoms with Crippen LogP contribution in [0.1, 0.15) is 28.6 Å². The molecule has 0 unspecified atom stereocenters. The van der Waals surface area contributed by atoms with Gasteiger partial charge in [-0.2, -0.15) is 0 Å². The van der Waals surface area contributed by atoms with Crippen LogP contribution < -0.4 is 0 Å². The van der Waals surface area contributed by atoms with Gasteiger partial charge in [0.1, 0.15) is 5.82 Å². The third-order valence-electron chi connectivity index (χ3n) is 3.69. The Morgan fingerprint density at radius 3 is 2.80 bits per heavy atom. The summed E-state index contributed by atoms with van der Waals surface area (Å²) < 4.78 is 25.1. The maximum atomic E-state index is 11.6. The van der Waals surface area contributed by atoms with Crippen molar-refractivity contribution in [2.45, 2.75) is 19.4 Å². The van der Waals surface area contributed by atoms with E-state index in [2.05, 4.69) is 4.98 Å². The van der Waals surface area contributed by atoms with Crippen molar-refractivity contribution < 1.29 is 18.3 Å². The van der Waals surface area contributed by atoms with Crippen molar-refractivity contribution in [3.63, 3.8) is 0 Å². The summed E-state index contributed by atoms with van der Waals surface area (Å²) in [6.45, 7) is 1.81. The Bertz CT molecular complexity index is 807. The van der Waals surface area contributed by atoms with E-state index in [-0.39, 0.29) is 23.1 Å². The minimum atomic E-state index is -2.97. The molecule has 0 spiro atoms. The molecule has 0 radical (unpaired) electrons. The number of carbonyl (C=O) groups is 1. The van der Waals surface area contributed by atoms with Crippen LogP contribution in [0, 0.1) is 6.92 Å². The van der Waals surface area contributed by atoms with Gasteiger partial charge in [0.25, 0.3) is 0 Å². The predicted molar refractivity (Wildman–Crippen MR) is 73.7 cm³/mol. The molecule has 3 rings (SSSR count). The van der Waals surface area contributed by atoms with Crippen molar-refractivity contribution in [1.82, 2.24) is 9.55 Å². The summed E-state index contributed by atoms with van der Waals surface area (Å²) in [5, 5.41) is 8.99. The predicted octanol–water partition coefficient (Wildman–Crippen LogP) is 1.40. The zero-order chi connectivity index (χ0) is 14.5. The monoisotopic (exact) mass is 294 g/mol. The van der Waals surface area contributed by atoms with E-state index in [1.165, 1.54) is 12.1 Å². The lowest BCUT2D eigenvalue weighted by molar-refractivity contribution is 0.0697. The van der Waals surface area contributed by atoms with Crippen LogP contribution in [0.4, 0.5) is 0 Å². The number of imidazole rings is 1. The van der Waals surface area contributed by atoms with Crippen molar-refractivity contribution in [3.05, 3.63) is 29.6 Å². The Morgan fingerprint density at radius 1 is 1.45 bits per heavy atom. The second-order valence-electron chi connectivity index (χ2n) is 5.09. The Balaban J connectivity index is 2.12. The van der Waals surface area contributed by atoms with Gasteiger partial charge in [0.15, 0.2) is 9.84 Å². The molecule has 0 bridgehead atoms. The number of carboxylic acid groups (broad SMARTS) is 1. The highest BCUT2D eigenvalue weighted by atomic mass is 32.2. The summed E-state index contributed by atoms with van der Waals surface area (Å²) in [5.74, 6) is 0.0384. The number of aryl methyl sites for hydroxylation is 1. The standard InChI is InChI=1S/C13H14N2O4S/c1-8-14-11-6-9(13(16)17)2-3-12(11)15(8)10-4-5-20(18,19)7-10/h2-3,6,10H,4-5,7H2,1H3,(H,16,17)/t10-/m1/s1. The zero-order valence-corrected chi connectivity index (χ0v) is 11.7. The first-order valence-corrected chi connectivity index (χ1v) is 8.12. The fourth-order valence-electron chi connectivity index (χ4n) is 2.79. The smallest absolute Gasteiger partial charge is 0.335 e. The first kappa shape index (κ1) is 13.1. The van der Waals surface area contributed by atoms with Gasteiger partial charge in [-0.25, -0.2) is 18.2 Å². The van der Waals surface area contributed by atoms with Crippen LogP contribution in [0.3, 0.4) is 0 Å². The molecule has 1 aromatic heterocycles.